The first kappa shape index (κ1) is 11.9. The van der Waals surface area contributed by atoms with Gasteiger partial charge in [0.25, 0.3) is 0 Å². The fraction of sp³-hybridized carbons (Fsp3) is 0.571. The smallest absolute Gasteiger partial charge is 0.106 e. The van der Waals surface area contributed by atoms with Gasteiger partial charge in [0.15, 0.2) is 0 Å². The summed E-state index contributed by atoms with van der Waals surface area (Å²) in [5.74, 6) is 0.588. The average molecular weight is 344 g/mol. The van der Waals surface area contributed by atoms with Crippen molar-refractivity contribution in [2.24, 2.45) is 5.92 Å². The summed E-state index contributed by atoms with van der Waals surface area (Å²) in [6.07, 6.45) is 2.37. The molecular formula is C14H19INO+. The van der Waals surface area contributed by atoms with Crippen molar-refractivity contribution in [1.82, 2.24) is 0 Å². The van der Waals surface area contributed by atoms with Crippen molar-refractivity contribution in [3.8, 4) is 0 Å². The lowest BCUT2D eigenvalue weighted by molar-refractivity contribution is -0.958. The fourth-order valence-electron chi connectivity index (χ4n) is 3.46. The van der Waals surface area contributed by atoms with Crippen LogP contribution in [0.2, 0.25) is 0 Å². The highest BCUT2D eigenvalue weighted by molar-refractivity contribution is 14.1. The second kappa shape index (κ2) is 4.52. The number of nitrogens with zero attached hydrogens (tertiary/aromatic N) is 1. The Morgan fingerprint density at radius 3 is 2.59 bits per heavy atom. The molecule has 1 unspecified atom stereocenters. The van der Waals surface area contributed by atoms with Gasteiger partial charge in [-0.1, -0.05) is 18.2 Å². The molecule has 0 aliphatic carbocycles. The van der Waals surface area contributed by atoms with Crippen LogP contribution in [0.1, 0.15) is 18.4 Å². The third-order valence-electron chi connectivity index (χ3n) is 4.53. The van der Waals surface area contributed by atoms with Gasteiger partial charge in [-0.3, -0.25) is 0 Å². The number of benzene rings is 1. The van der Waals surface area contributed by atoms with Gasteiger partial charge in [0, 0.05) is 27.9 Å². The van der Waals surface area contributed by atoms with E-state index in [1.807, 2.05) is 0 Å². The van der Waals surface area contributed by atoms with Crippen LogP contribution in [0.3, 0.4) is 0 Å². The molecule has 17 heavy (non-hydrogen) atoms. The van der Waals surface area contributed by atoms with Crippen molar-refractivity contribution in [2.75, 3.05) is 19.6 Å². The Morgan fingerprint density at radius 2 is 1.94 bits per heavy atom. The fourth-order valence-corrected chi connectivity index (χ4v) is 4.02. The van der Waals surface area contributed by atoms with Crippen LogP contribution in [0.15, 0.2) is 24.3 Å². The topological polar surface area (TPSA) is 20.2 Å². The number of quaternary nitrogens is 1. The summed E-state index contributed by atoms with van der Waals surface area (Å²) in [6.45, 7) is 4.58. The van der Waals surface area contributed by atoms with Gasteiger partial charge in [0.05, 0.1) is 13.1 Å². The van der Waals surface area contributed by atoms with Crippen LogP contribution < -0.4 is 0 Å². The highest BCUT2D eigenvalue weighted by atomic mass is 127. The monoisotopic (exact) mass is 344 g/mol. The largest absolute Gasteiger partial charge is 0.387 e. The number of piperidine rings is 3. The molecule has 3 aliphatic heterocycles. The molecule has 1 atom stereocenters. The summed E-state index contributed by atoms with van der Waals surface area (Å²) in [7, 11) is 0. The molecule has 2 bridgehead atoms. The van der Waals surface area contributed by atoms with Crippen LogP contribution in [0.4, 0.5) is 0 Å². The van der Waals surface area contributed by atoms with Crippen molar-refractivity contribution in [3.63, 3.8) is 0 Å². The average Bonchev–Trinajstić information content (AvgIpc) is 2.33. The summed E-state index contributed by atoms with van der Waals surface area (Å²) in [4.78, 5) is 0. The zero-order chi connectivity index (χ0) is 11.9. The van der Waals surface area contributed by atoms with Gasteiger partial charge < -0.3 is 9.59 Å². The summed E-state index contributed by atoms with van der Waals surface area (Å²) < 4.78 is 2.47. The van der Waals surface area contributed by atoms with Gasteiger partial charge in [-0.15, -0.1) is 0 Å². The maximum absolute atomic E-state index is 10.1. The van der Waals surface area contributed by atoms with Gasteiger partial charge in [-0.2, -0.15) is 0 Å². The minimum atomic E-state index is -0.0566. The molecule has 0 aromatic heterocycles. The predicted molar refractivity (Wildman–Crippen MR) is 76.5 cm³/mol. The molecule has 0 spiro atoms. The Hall–Kier alpha value is -0.130. The molecule has 0 radical (unpaired) electrons. The third-order valence-corrected chi connectivity index (χ3v) is 5.58. The number of fused-ring (bicyclic) bond motifs is 3. The third kappa shape index (κ3) is 2.25. The lowest BCUT2D eigenvalue weighted by Crippen LogP contribution is -2.63. The van der Waals surface area contributed by atoms with Gasteiger partial charge in [-0.05, 0) is 28.7 Å². The predicted octanol–water partition coefficient (Wildman–Crippen LogP) is 2.39. The van der Waals surface area contributed by atoms with Crippen molar-refractivity contribution >= 4 is 22.6 Å². The molecule has 1 N–H and O–H groups in total. The van der Waals surface area contributed by atoms with E-state index >= 15 is 0 Å². The van der Waals surface area contributed by atoms with E-state index in [4.69, 9.17) is 0 Å². The number of hydrogen-bond acceptors (Lipinski definition) is 1. The van der Waals surface area contributed by atoms with Gasteiger partial charge >= 0.3 is 0 Å². The Morgan fingerprint density at radius 1 is 1.24 bits per heavy atom. The Kier molecular flexibility index (Phi) is 3.17. The Labute approximate surface area is 116 Å². The molecule has 0 amide bonds. The molecule has 2 nitrogen and oxygen atoms in total. The van der Waals surface area contributed by atoms with E-state index in [-0.39, 0.29) is 6.10 Å². The first-order valence-electron chi connectivity index (χ1n) is 6.45. The summed E-state index contributed by atoms with van der Waals surface area (Å²) >= 11 is 2.43. The number of aliphatic hydroxyl groups excluding tert-OH is 1. The number of aliphatic hydroxyl groups is 1. The minimum absolute atomic E-state index is 0.0566. The molecule has 3 fully saturated rings. The van der Waals surface area contributed by atoms with Crippen LogP contribution in [0.5, 0.6) is 0 Å². The van der Waals surface area contributed by atoms with Crippen LogP contribution in [-0.2, 0) is 6.54 Å². The molecule has 3 saturated heterocycles. The van der Waals surface area contributed by atoms with Crippen molar-refractivity contribution in [3.05, 3.63) is 33.4 Å². The van der Waals surface area contributed by atoms with Crippen LogP contribution in [0, 0.1) is 9.49 Å². The van der Waals surface area contributed by atoms with E-state index in [0.717, 1.165) is 17.6 Å². The lowest BCUT2D eigenvalue weighted by atomic mass is 9.83. The number of halogens is 1. The summed E-state index contributed by atoms with van der Waals surface area (Å²) in [5.41, 5.74) is 1.45. The quantitative estimate of drug-likeness (QED) is 0.645. The van der Waals surface area contributed by atoms with E-state index in [9.17, 15) is 5.11 Å². The summed E-state index contributed by atoms with van der Waals surface area (Å²) in [5, 5.41) is 10.1. The number of rotatable bonds is 2. The molecular weight excluding hydrogens is 325 g/mol. The van der Waals surface area contributed by atoms with Crippen molar-refractivity contribution in [1.29, 1.82) is 0 Å². The maximum atomic E-state index is 10.1. The highest BCUT2D eigenvalue weighted by Crippen LogP contribution is 2.35. The van der Waals surface area contributed by atoms with Crippen LogP contribution in [-0.4, -0.2) is 35.3 Å². The van der Waals surface area contributed by atoms with E-state index in [2.05, 4.69) is 46.9 Å². The van der Waals surface area contributed by atoms with Crippen LogP contribution in [0.25, 0.3) is 0 Å². The molecule has 3 heteroatoms. The van der Waals surface area contributed by atoms with E-state index in [1.165, 1.54) is 35.1 Å². The zero-order valence-electron chi connectivity index (χ0n) is 9.98. The van der Waals surface area contributed by atoms with Gasteiger partial charge in [0.1, 0.15) is 19.2 Å². The minimum Gasteiger partial charge on any atom is -0.387 e. The van der Waals surface area contributed by atoms with E-state index in [1.54, 1.807) is 0 Å². The molecule has 1 aromatic rings. The molecule has 92 valence electrons. The SMILES string of the molecule is OC1C[N+]2(Cc3ccccc3I)CCC1CC2. The maximum Gasteiger partial charge on any atom is 0.106 e. The van der Waals surface area contributed by atoms with E-state index in [0.29, 0.717) is 5.92 Å². The van der Waals surface area contributed by atoms with E-state index < -0.39 is 0 Å². The number of hydrogen-bond donors (Lipinski definition) is 1. The van der Waals surface area contributed by atoms with Crippen LogP contribution >= 0.6 is 22.6 Å². The Balaban J connectivity index is 1.82. The Bertz CT molecular complexity index is 412. The first-order valence-corrected chi connectivity index (χ1v) is 7.53. The first-order chi connectivity index (χ1) is 8.19. The zero-order valence-corrected chi connectivity index (χ0v) is 12.1. The van der Waals surface area contributed by atoms with Crippen molar-refractivity contribution in [2.45, 2.75) is 25.5 Å². The molecule has 3 heterocycles. The standard InChI is InChI=1S/C14H19INO/c15-13-4-2-1-3-12(13)9-16-7-5-11(6-8-16)14(17)10-16/h1-4,11,14,17H,5-10H2/q+1. The van der Waals surface area contributed by atoms with Gasteiger partial charge in [-0.25, -0.2) is 0 Å². The second-order valence-corrected chi connectivity index (χ2v) is 6.79. The molecule has 3 aliphatic rings. The second-order valence-electron chi connectivity index (χ2n) is 5.63. The lowest BCUT2D eigenvalue weighted by Gasteiger charge is -2.51. The van der Waals surface area contributed by atoms with Crippen molar-refractivity contribution < 1.29 is 9.59 Å². The summed E-state index contributed by atoms with van der Waals surface area (Å²) in [6, 6.07) is 8.65. The highest BCUT2D eigenvalue weighted by Gasteiger charge is 2.45. The normalized spacial score (nSPS) is 36.1. The molecule has 1 aromatic carbocycles. The molecule has 0 saturated carbocycles. The molecule has 4 rings (SSSR count). The van der Waals surface area contributed by atoms with Gasteiger partial charge in [0.2, 0.25) is 0 Å².